The van der Waals surface area contributed by atoms with Gasteiger partial charge >= 0.3 is 0 Å². The molecule has 0 unspecified atom stereocenters. The first-order chi connectivity index (χ1) is 6.68. The molecule has 0 spiro atoms. The summed E-state index contributed by atoms with van der Waals surface area (Å²) < 4.78 is 26.1. The van der Waals surface area contributed by atoms with Crippen LogP contribution < -0.4 is 5.73 Å². The molecule has 1 aromatic rings. The molecule has 1 aliphatic carbocycles. The maximum absolute atomic E-state index is 13.3. The third kappa shape index (κ3) is 1.93. The van der Waals surface area contributed by atoms with Crippen molar-refractivity contribution >= 4 is 0 Å². The number of benzene rings is 1. The van der Waals surface area contributed by atoms with Crippen molar-refractivity contribution in [3.8, 4) is 0 Å². The van der Waals surface area contributed by atoms with Gasteiger partial charge in [0.15, 0.2) is 11.6 Å². The molecule has 0 saturated heterocycles. The summed E-state index contributed by atoms with van der Waals surface area (Å²) in [5.41, 5.74) is 6.10. The van der Waals surface area contributed by atoms with Gasteiger partial charge in [-0.25, -0.2) is 8.78 Å². The van der Waals surface area contributed by atoms with Gasteiger partial charge in [-0.05, 0) is 18.4 Å². The first kappa shape index (κ1) is 9.59. The van der Waals surface area contributed by atoms with Gasteiger partial charge in [0, 0.05) is 11.6 Å². The van der Waals surface area contributed by atoms with Crippen LogP contribution in [0.1, 0.15) is 30.9 Å². The summed E-state index contributed by atoms with van der Waals surface area (Å²) >= 11 is 0. The first-order valence-electron chi connectivity index (χ1n) is 4.88. The molecule has 0 aliphatic heterocycles. The van der Waals surface area contributed by atoms with E-state index in [9.17, 15) is 8.78 Å². The topological polar surface area (TPSA) is 26.0 Å². The molecule has 3 heteroatoms. The van der Waals surface area contributed by atoms with Gasteiger partial charge in [0.1, 0.15) is 0 Å². The molecule has 2 N–H and O–H groups in total. The second kappa shape index (κ2) is 3.65. The maximum Gasteiger partial charge on any atom is 0.163 e. The van der Waals surface area contributed by atoms with Crippen molar-refractivity contribution in [3.05, 3.63) is 35.4 Å². The van der Waals surface area contributed by atoms with Crippen molar-refractivity contribution in [1.29, 1.82) is 0 Å². The van der Waals surface area contributed by atoms with E-state index in [1.54, 1.807) is 6.07 Å². The van der Waals surface area contributed by atoms with E-state index in [4.69, 9.17) is 5.73 Å². The molecule has 1 saturated carbocycles. The summed E-state index contributed by atoms with van der Waals surface area (Å²) in [4.78, 5) is 0. The molecule has 2 rings (SSSR count). The Hall–Kier alpha value is -0.960. The Morgan fingerprint density at radius 1 is 1.36 bits per heavy atom. The Morgan fingerprint density at radius 3 is 2.71 bits per heavy atom. The van der Waals surface area contributed by atoms with Crippen LogP contribution >= 0.6 is 0 Å². The van der Waals surface area contributed by atoms with Crippen LogP contribution in [-0.2, 0) is 0 Å². The third-order valence-corrected chi connectivity index (χ3v) is 2.67. The summed E-state index contributed by atoms with van der Waals surface area (Å²) in [7, 11) is 0. The fraction of sp³-hybridized carbons (Fsp3) is 0.455. The van der Waals surface area contributed by atoms with Crippen molar-refractivity contribution in [2.24, 2.45) is 11.7 Å². The first-order valence-corrected chi connectivity index (χ1v) is 4.88. The minimum Gasteiger partial charge on any atom is -0.324 e. The van der Waals surface area contributed by atoms with E-state index in [1.807, 2.05) is 0 Å². The normalized spacial score (nSPS) is 18.2. The van der Waals surface area contributed by atoms with E-state index in [2.05, 4.69) is 0 Å². The maximum atomic E-state index is 13.3. The van der Waals surface area contributed by atoms with Crippen LogP contribution in [-0.4, -0.2) is 0 Å². The SMILES string of the molecule is N[C@H](CC1CC1)c1cccc(F)c1F. The van der Waals surface area contributed by atoms with Gasteiger partial charge in [-0.15, -0.1) is 0 Å². The van der Waals surface area contributed by atoms with E-state index >= 15 is 0 Å². The van der Waals surface area contributed by atoms with Gasteiger partial charge in [-0.1, -0.05) is 25.0 Å². The highest BCUT2D eigenvalue weighted by Crippen LogP contribution is 2.37. The Labute approximate surface area is 81.9 Å². The van der Waals surface area contributed by atoms with Gasteiger partial charge in [0.25, 0.3) is 0 Å². The molecule has 0 radical (unpaired) electrons. The number of nitrogens with two attached hydrogens (primary N) is 1. The van der Waals surface area contributed by atoms with Crippen LogP contribution in [0, 0.1) is 17.6 Å². The molecule has 0 bridgehead atoms. The second-order valence-corrected chi connectivity index (χ2v) is 3.93. The Morgan fingerprint density at radius 2 is 2.07 bits per heavy atom. The molecule has 0 amide bonds. The van der Waals surface area contributed by atoms with Crippen molar-refractivity contribution in [1.82, 2.24) is 0 Å². The molecule has 1 aliphatic rings. The molecule has 76 valence electrons. The van der Waals surface area contributed by atoms with Gasteiger partial charge in [-0.3, -0.25) is 0 Å². The van der Waals surface area contributed by atoms with Crippen molar-refractivity contribution in [2.75, 3.05) is 0 Å². The average Bonchev–Trinajstić information content (AvgIpc) is 2.93. The highest BCUT2D eigenvalue weighted by molar-refractivity contribution is 5.22. The molecule has 1 nitrogen and oxygen atoms in total. The molecule has 1 atom stereocenters. The number of halogens is 2. The lowest BCUT2D eigenvalue weighted by Gasteiger charge is -2.12. The largest absolute Gasteiger partial charge is 0.324 e. The van der Waals surface area contributed by atoms with Crippen LogP contribution in [0.25, 0.3) is 0 Å². The van der Waals surface area contributed by atoms with Crippen LogP contribution in [0.4, 0.5) is 8.78 Å². The third-order valence-electron chi connectivity index (χ3n) is 2.67. The Kier molecular flexibility index (Phi) is 2.50. The molecule has 14 heavy (non-hydrogen) atoms. The van der Waals surface area contributed by atoms with Crippen LogP contribution in [0.5, 0.6) is 0 Å². The molecule has 0 aromatic heterocycles. The van der Waals surface area contributed by atoms with E-state index in [-0.39, 0.29) is 6.04 Å². The fourth-order valence-corrected chi connectivity index (χ4v) is 1.65. The second-order valence-electron chi connectivity index (χ2n) is 3.93. The monoisotopic (exact) mass is 197 g/mol. The Balaban J connectivity index is 2.16. The number of hydrogen-bond donors (Lipinski definition) is 1. The van der Waals surface area contributed by atoms with Crippen molar-refractivity contribution in [2.45, 2.75) is 25.3 Å². The van der Waals surface area contributed by atoms with Crippen LogP contribution in [0.15, 0.2) is 18.2 Å². The summed E-state index contributed by atoms with van der Waals surface area (Å²) in [6.07, 6.45) is 3.11. The predicted molar refractivity (Wildman–Crippen MR) is 50.6 cm³/mol. The predicted octanol–water partition coefficient (Wildman–Crippen LogP) is 2.76. The number of rotatable bonds is 3. The smallest absolute Gasteiger partial charge is 0.163 e. The summed E-state index contributed by atoms with van der Waals surface area (Å²) in [6, 6.07) is 3.81. The zero-order valence-electron chi connectivity index (χ0n) is 7.84. The van der Waals surface area contributed by atoms with Crippen LogP contribution in [0.2, 0.25) is 0 Å². The van der Waals surface area contributed by atoms with E-state index in [0.717, 1.165) is 12.5 Å². The van der Waals surface area contributed by atoms with E-state index in [0.29, 0.717) is 11.5 Å². The van der Waals surface area contributed by atoms with Gasteiger partial charge < -0.3 is 5.73 Å². The van der Waals surface area contributed by atoms with Crippen LogP contribution in [0.3, 0.4) is 0 Å². The summed E-state index contributed by atoms with van der Waals surface area (Å²) in [5, 5.41) is 0. The van der Waals surface area contributed by atoms with E-state index < -0.39 is 11.6 Å². The lowest BCUT2D eigenvalue weighted by Crippen LogP contribution is -2.13. The molecular weight excluding hydrogens is 184 g/mol. The minimum atomic E-state index is -0.811. The number of hydrogen-bond acceptors (Lipinski definition) is 1. The summed E-state index contributed by atoms with van der Waals surface area (Å²) in [5.74, 6) is -0.984. The average molecular weight is 197 g/mol. The molecule has 1 aromatic carbocycles. The highest BCUT2D eigenvalue weighted by Gasteiger charge is 2.26. The Bertz CT molecular complexity index is 334. The van der Waals surface area contributed by atoms with Gasteiger partial charge in [-0.2, -0.15) is 0 Å². The zero-order chi connectivity index (χ0) is 10.1. The van der Waals surface area contributed by atoms with Crippen molar-refractivity contribution < 1.29 is 8.78 Å². The fourth-order valence-electron chi connectivity index (χ4n) is 1.65. The molecular formula is C11H13F2N. The van der Waals surface area contributed by atoms with Gasteiger partial charge in [0.05, 0.1) is 0 Å². The minimum absolute atomic E-state index is 0.303. The van der Waals surface area contributed by atoms with Crippen molar-refractivity contribution in [3.63, 3.8) is 0 Å². The standard InChI is InChI=1S/C11H13F2N/c12-9-3-1-2-8(11(9)13)10(14)6-7-4-5-7/h1-3,7,10H,4-6,14H2/t10-/m1/s1. The quantitative estimate of drug-likeness (QED) is 0.792. The van der Waals surface area contributed by atoms with Gasteiger partial charge in [0.2, 0.25) is 0 Å². The lowest BCUT2D eigenvalue weighted by molar-refractivity contribution is 0.478. The lowest BCUT2D eigenvalue weighted by atomic mass is 10.0. The summed E-state index contributed by atoms with van der Waals surface area (Å²) in [6.45, 7) is 0. The highest BCUT2D eigenvalue weighted by atomic mass is 19.2. The zero-order valence-corrected chi connectivity index (χ0v) is 7.84. The van der Waals surface area contributed by atoms with E-state index in [1.165, 1.54) is 18.9 Å². The molecule has 1 fully saturated rings. The molecule has 0 heterocycles.